The maximum absolute atomic E-state index is 6.29. The molecule has 0 aliphatic carbocycles. The molecule has 136 valence electrons. The lowest BCUT2D eigenvalue weighted by molar-refractivity contribution is 0.304. The Morgan fingerprint density at radius 3 is 2.32 bits per heavy atom. The first-order valence-corrected chi connectivity index (χ1v) is 9.04. The number of benzene rings is 2. The Morgan fingerprint density at radius 1 is 1.00 bits per heavy atom. The Hall–Kier alpha value is -2.00. The Morgan fingerprint density at radius 2 is 1.72 bits per heavy atom. The van der Waals surface area contributed by atoms with Crippen molar-refractivity contribution in [2.24, 2.45) is 11.1 Å². The van der Waals surface area contributed by atoms with Gasteiger partial charge < -0.3 is 15.2 Å². The van der Waals surface area contributed by atoms with Crippen molar-refractivity contribution in [1.82, 2.24) is 0 Å². The highest BCUT2D eigenvalue weighted by Gasteiger charge is 2.27. The van der Waals surface area contributed by atoms with Crippen molar-refractivity contribution in [2.45, 2.75) is 46.5 Å². The summed E-state index contributed by atoms with van der Waals surface area (Å²) < 4.78 is 11.8. The zero-order chi connectivity index (χ0) is 18.4. The predicted molar refractivity (Wildman–Crippen MR) is 105 cm³/mol. The number of rotatable bonds is 7. The summed E-state index contributed by atoms with van der Waals surface area (Å²) in [6, 6.07) is 14.3. The van der Waals surface area contributed by atoms with Gasteiger partial charge in [0.2, 0.25) is 0 Å². The molecule has 3 heteroatoms. The van der Waals surface area contributed by atoms with Crippen molar-refractivity contribution in [2.75, 3.05) is 13.7 Å². The molecule has 2 aromatic rings. The van der Waals surface area contributed by atoms with Gasteiger partial charge in [-0.15, -0.1) is 0 Å². The number of hydrogen-bond donors (Lipinski definition) is 1. The topological polar surface area (TPSA) is 44.5 Å². The van der Waals surface area contributed by atoms with Crippen LogP contribution in [0.4, 0.5) is 0 Å². The number of nitrogens with two attached hydrogens (primary N) is 1. The van der Waals surface area contributed by atoms with Gasteiger partial charge in [0.05, 0.1) is 7.11 Å². The first-order valence-electron chi connectivity index (χ1n) is 9.04. The van der Waals surface area contributed by atoms with Gasteiger partial charge in [-0.25, -0.2) is 0 Å². The first-order chi connectivity index (χ1) is 11.9. The van der Waals surface area contributed by atoms with Crippen molar-refractivity contribution in [3.63, 3.8) is 0 Å². The van der Waals surface area contributed by atoms with E-state index >= 15 is 0 Å². The number of hydrogen-bond acceptors (Lipinski definition) is 3. The highest BCUT2D eigenvalue weighted by molar-refractivity contribution is 5.48. The standard InChI is InChI=1S/C22H31NO2/c1-6-18(22(2,3)4)17-9-7-8-10-19(17)25-20-12-11-16(13-14-23)15-21(20)24-5/h7-12,15,18H,6,13-14,23H2,1-5H3. The largest absolute Gasteiger partial charge is 0.493 e. The molecule has 0 heterocycles. The molecule has 0 amide bonds. The maximum Gasteiger partial charge on any atom is 0.169 e. The Labute approximate surface area is 152 Å². The van der Waals surface area contributed by atoms with Gasteiger partial charge >= 0.3 is 0 Å². The molecule has 2 N–H and O–H groups in total. The molecular weight excluding hydrogens is 310 g/mol. The van der Waals surface area contributed by atoms with Crippen LogP contribution in [0.5, 0.6) is 17.2 Å². The molecule has 0 saturated heterocycles. The SMILES string of the molecule is CCC(c1ccccc1Oc1ccc(CCN)cc1OC)C(C)(C)C. The van der Waals surface area contributed by atoms with E-state index in [1.54, 1.807) is 7.11 Å². The van der Waals surface area contributed by atoms with E-state index in [4.69, 9.17) is 15.2 Å². The second-order valence-electron chi connectivity index (χ2n) is 7.49. The van der Waals surface area contributed by atoms with Crippen molar-refractivity contribution in [3.05, 3.63) is 53.6 Å². The summed E-state index contributed by atoms with van der Waals surface area (Å²) in [5, 5.41) is 0. The third-order valence-corrected chi connectivity index (χ3v) is 4.63. The number of para-hydroxylation sites is 1. The van der Waals surface area contributed by atoms with Crippen LogP contribution in [-0.2, 0) is 6.42 Å². The molecule has 1 atom stereocenters. The third kappa shape index (κ3) is 4.76. The summed E-state index contributed by atoms with van der Waals surface area (Å²) in [5.41, 5.74) is 8.22. The molecule has 3 nitrogen and oxygen atoms in total. The summed E-state index contributed by atoms with van der Waals surface area (Å²) in [5.74, 6) is 2.80. The molecule has 0 aliphatic heterocycles. The first kappa shape index (κ1) is 19.3. The van der Waals surface area contributed by atoms with Crippen LogP contribution in [0.2, 0.25) is 0 Å². The lowest BCUT2D eigenvalue weighted by Gasteiger charge is -2.31. The van der Waals surface area contributed by atoms with Crippen molar-refractivity contribution < 1.29 is 9.47 Å². The summed E-state index contributed by atoms with van der Waals surface area (Å²) in [6.07, 6.45) is 1.89. The van der Waals surface area contributed by atoms with Crippen LogP contribution < -0.4 is 15.2 Å². The fraction of sp³-hybridized carbons (Fsp3) is 0.455. The molecule has 1 unspecified atom stereocenters. The molecule has 0 bridgehead atoms. The van der Waals surface area contributed by atoms with E-state index in [0.29, 0.717) is 12.5 Å². The van der Waals surface area contributed by atoms with Crippen LogP contribution in [0.15, 0.2) is 42.5 Å². The zero-order valence-electron chi connectivity index (χ0n) is 16.1. The Balaban J connectivity index is 2.38. The van der Waals surface area contributed by atoms with Crippen LogP contribution in [0, 0.1) is 5.41 Å². The predicted octanol–water partition coefficient (Wildman–Crippen LogP) is 5.53. The van der Waals surface area contributed by atoms with Crippen LogP contribution in [0.3, 0.4) is 0 Å². The van der Waals surface area contributed by atoms with Crippen LogP contribution in [-0.4, -0.2) is 13.7 Å². The minimum atomic E-state index is 0.170. The summed E-state index contributed by atoms with van der Waals surface area (Å²) in [4.78, 5) is 0. The van der Waals surface area contributed by atoms with E-state index in [0.717, 1.165) is 35.7 Å². The van der Waals surface area contributed by atoms with Gasteiger partial charge in [0, 0.05) is 0 Å². The normalized spacial score (nSPS) is 12.7. The third-order valence-electron chi connectivity index (χ3n) is 4.63. The number of ether oxygens (including phenoxy) is 2. The molecule has 2 aromatic carbocycles. The minimum absolute atomic E-state index is 0.170. The smallest absolute Gasteiger partial charge is 0.169 e. The second kappa shape index (κ2) is 8.39. The van der Waals surface area contributed by atoms with E-state index < -0.39 is 0 Å². The lowest BCUT2D eigenvalue weighted by atomic mass is 9.75. The van der Waals surface area contributed by atoms with Crippen molar-refractivity contribution in [3.8, 4) is 17.2 Å². The minimum Gasteiger partial charge on any atom is -0.493 e. The van der Waals surface area contributed by atoms with E-state index in [2.05, 4.69) is 39.8 Å². The van der Waals surface area contributed by atoms with Crippen LogP contribution >= 0.6 is 0 Å². The molecule has 0 saturated carbocycles. The van der Waals surface area contributed by atoms with Crippen molar-refractivity contribution >= 4 is 0 Å². The second-order valence-corrected chi connectivity index (χ2v) is 7.49. The fourth-order valence-electron chi connectivity index (χ4n) is 3.40. The zero-order valence-corrected chi connectivity index (χ0v) is 16.1. The molecule has 0 fully saturated rings. The van der Waals surface area contributed by atoms with E-state index in [1.165, 1.54) is 5.56 Å². The molecular formula is C22H31NO2. The molecule has 2 rings (SSSR count). The summed E-state index contributed by atoms with van der Waals surface area (Å²) >= 11 is 0. The highest BCUT2D eigenvalue weighted by atomic mass is 16.5. The average molecular weight is 341 g/mol. The molecule has 0 radical (unpaired) electrons. The average Bonchev–Trinajstić information content (AvgIpc) is 2.57. The van der Waals surface area contributed by atoms with Gasteiger partial charge in [-0.3, -0.25) is 0 Å². The Bertz CT molecular complexity index is 689. The van der Waals surface area contributed by atoms with E-state index in [-0.39, 0.29) is 5.41 Å². The number of methoxy groups -OCH3 is 1. The lowest BCUT2D eigenvalue weighted by Crippen LogP contribution is -2.18. The fourth-order valence-corrected chi connectivity index (χ4v) is 3.40. The van der Waals surface area contributed by atoms with Crippen LogP contribution in [0.1, 0.15) is 51.2 Å². The quantitative estimate of drug-likeness (QED) is 0.720. The van der Waals surface area contributed by atoms with Crippen LogP contribution in [0.25, 0.3) is 0 Å². The summed E-state index contributed by atoms with van der Waals surface area (Å²) in [7, 11) is 1.67. The maximum atomic E-state index is 6.29. The monoisotopic (exact) mass is 341 g/mol. The molecule has 0 aliphatic rings. The van der Waals surface area contributed by atoms with Gasteiger partial charge in [-0.2, -0.15) is 0 Å². The van der Waals surface area contributed by atoms with Gasteiger partial charge in [-0.1, -0.05) is 52.0 Å². The van der Waals surface area contributed by atoms with Gasteiger partial charge in [0.25, 0.3) is 0 Å². The van der Waals surface area contributed by atoms with Gasteiger partial charge in [0.1, 0.15) is 5.75 Å². The molecule has 25 heavy (non-hydrogen) atoms. The van der Waals surface area contributed by atoms with Gasteiger partial charge in [0.15, 0.2) is 11.5 Å². The summed E-state index contributed by atoms with van der Waals surface area (Å²) in [6.45, 7) is 9.69. The highest BCUT2D eigenvalue weighted by Crippen LogP contribution is 2.43. The van der Waals surface area contributed by atoms with E-state index in [9.17, 15) is 0 Å². The Kier molecular flexibility index (Phi) is 6.49. The molecule has 0 spiro atoms. The van der Waals surface area contributed by atoms with Gasteiger partial charge in [-0.05, 0) is 60.0 Å². The van der Waals surface area contributed by atoms with Crippen molar-refractivity contribution in [1.29, 1.82) is 0 Å². The molecule has 0 aromatic heterocycles. The van der Waals surface area contributed by atoms with E-state index in [1.807, 2.05) is 30.3 Å².